The molecule has 0 aliphatic heterocycles. The first-order valence-corrected chi connectivity index (χ1v) is 3.38. The monoisotopic (exact) mass is 165 g/mol. The van der Waals surface area contributed by atoms with Crippen molar-refractivity contribution in [1.29, 1.82) is 0 Å². The van der Waals surface area contributed by atoms with Crippen LogP contribution < -0.4 is 0 Å². The van der Waals surface area contributed by atoms with Crippen molar-refractivity contribution in [1.82, 2.24) is 0 Å². The van der Waals surface area contributed by atoms with Gasteiger partial charge in [-0.05, 0) is 25.8 Å². The van der Waals surface area contributed by atoms with Gasteiger partial charge >= 0.3 is 5.69 Å². The smallest absolute Gasteiger partial charge is 0.265 e. The molecule has 0 spiro atoms. The molecule has 0 radical (unpaired) electrons. The fourth-order valence-corrected chi connectivity index (χ4v) is 0.953. The van der Waals surface area contributed by atoms with Gasteiger partial charge in [0.2, 0.25) is 0 Å². The van der Waals surface area contributed by atoms with Crippen LogP contribution in [0.25, 0.3) is 0 Å². The zero-order chi connectivity index (χ0) is 9.14. The highest BCUT2D eigenvalue weighted by Crippen LogP contribution is 2.22. The van der Waals surface area contributed by atoms with E-state index in [0.29, 0.717) is 11.3 Å². The molecule has 4 nitrogen and oxygen atoms in total. The van der Waals surface area contributed by atoms with Crippen molar-refractivity contribution in [2.24, 2.45) is 4.99 Å². The number of hydrogen-bond acceptors (Lipinski definition) is 2. The van der Waals surface area contributed by atoms with Crippen LogP contribution in [0.3, 0.4) is 0 Å². The zero-order valence-corrected chi connectivity index (χ0v) is 6.69. The second-order valence-corrected chi connectivity index (χ2v) is 2.40. The van der Waals surface area contributed by atoms with E-state index in [1.54, 1.807) is 19.1 Å². The molecule has 1 rings (SSSR count). The summed E-state index contributed by atoms with van der Waals surface area (Å²) in [5, 5.41) is 8.60. The Balaban J connectivity index is 3.20. The number of rotatable bonds is 2. The Bertz CT molecular complexity index is 334. The van der Waals surface area contributed by atoms with Crippen molar-refractivity contribution in [3.63, 3.8) is 0 Å². The van der Waals surface area contributed by atoms with E-state index in [4.69, 9.17) is 5.21 Å². The van der Waals surface area contributed by atoms with Crippen LogP contribution in [-0.2, 0) is 0 Å². The van der Waals surface area contributed by atoms with Gasteiger partial charge in [0.1, 0.15) is 0 Å². The van der Waals surface area contributed by atoms with Crippen molar-refractivity contribution in [2.45, 2.75) is 6.92 Å². The SMILES string of the molecule is C=Nc1ccc([N+](=O)O)c(C)c1. The Morgan fingerprint density at radius 1 is 1.58 bits per heavy atom. The molecule has 0 bridgehead atoms. The molecule has 0 amide bonds. The second kappa shape index (κ2) is 3.13. The molecule has 0 aliphatic carbocycles. The summed E-state index contributed by atoms with van der Waals surface area (Å²) >= 11 is 0. The summed E-state index contributed by atoms with van der Waals surface area (Å²) in [5.41, 5.74) is 1.57. The lowest BCUT2D eigenvalue weighted by molar-refractivity contribution is -0.730. The van der Waals surface area contributed by atoms with E-state index in [1.165, 1.54) is 6.07 Å². The third kappa shape index (κ3) is 1.47. The number of hydrogen-bond donors (Lipinski definition) is 1. The third-order valence-electron chi connectivity index (χ3n) is 1.57. The molecule has 0 heterocycles. The van der Waals surface area contributed by atoms with Crippen molar-refractivity contribution >= 4 is 18.1 Å². The van der Waals surface area contributed by atoms with Gasteiger partial charge in [0.25, 0.3) is 4.92 Å². The van der Waals surface area contributed by atoms with E-state index in [0.717, 1.165) is 0 Å². The second-order valence-electron chi connectivity index (χ2n) is 2.40. The van der Waals surface area contributed by atoms with Gasteiger partial charge in [-0.25, -0.2) is 5.21 Å². The molecule has 0 aliphatic rings. The van der Waals surface area contributed by atoms with Crippen LogP contribution in [0.1, 0.15) is 5.56 Å². The molecule has 0 atom stereocenters. The molecule has 1 N–H and O–H groups in total. The summed E-state index contributed by atoms with van der Waals surface area (Å²) in [5.74, 6) is 0. The Morgan fingerprint density at radius 2 is 2.25 bits per heavy atom. The Morgan fingerprint density at radius 3 is 2.67 bits per heavy atom. The van der Waals surface area contributed by atoms with Crippen LogP contribution in [0.4, 0.5) is 11.4 Å². The van der Waals surface area contributed by atoms with Crippen molar-refractivity contribution in [2.75, 3.05) is 0 Å². The quantitative estimate of drug-likeness (QED) is 0.539. The molecule has 12 heavy (non-hydrogen) atoms. The van der Waals surface area contributed by atoms with Crippen LogP contribution in [0.5, 0.6) is 0 Å². The maximum Gasteiger partial charge on any atom is 0.319 e. The molecule has 0 saturated heterocycles. The maximum atomic E-state index is 10.5. The number of aliphatic imine (C=N–C) groups is 1. The highest BCUT2D eigenvalue weighted by Gasteiger charge is 2.14. The predicted molar refractivity (Wildman–Crippen MR) is 45.5 cm³/mol. The largest absolute Gasteiger partial charge is 0.319 e. The van der Waals surface area contributed by atoms with E-state index in [2.05, 4.69) is 11.7 Å². The van der Waals surface area contributed by atoms with E-state index in [1.807, 2.05) is 0 Å². The average Bonchev–Trinajstić information content (AvgIpc) is 2.03. The summed E-state index contributed by atoms with van der Waals surface area (Å²) in [6.45, 7) is 5.06. The minimum atomic E-state index is -0.164. The highest BCUT2D eigenvalue weighted by atomic mass is 16.6. The fourth-order valence-electron chi connectivity index (χ4n) is 0.953. The Labute approximate surface area is 69.7 Å². The molecular weight excluding hydrogens is 156 g/mol. The molecule has 0 fully saturated rings. The minimum Gasteiger partial charge on any atom is -0.265 e. The van der Waals surface area contributed by atoms with Gasteiger partial charge in [0.15, 0.2) is 0 Å². The minimum absolute atomic E-state index is 0.164. The van der Waals surface area contributed by atoms with Crippen LogP contribution in [0, 0.1) is 11.8 Å². The van der Waals surface area contributed by atoms with E-state index in [-0.39, 0.29) is 10.6 Å². The Hall–Kier alpha value is -1.71. The van der Waals surface area contributed by atoms with Crippen molar-refractivity contribution < 1.29 is 10.1 Å². The van der Waals surface area contributed by atoms with Crippen LogP contribution in [0.2, 0.25) is 0 Å². The van der Waals surface area contributed by atoms with Gasteiger partial charge < -0.3 is 0 Å². The van der Waals surface area contributed by atoms with Crippen LogP contribution in [-0.4, -0.2) is 16.8 Å². The van der Waals surface area contributed by atoms with Gasteiger partial charge in [-0.1, -0.05) is 0 Å². The van der Waals surface area contributed by atoms with E-state index in [9.17, 15) is 4.91 Å². The number of nitrogens with zero attached hydrogens (tertiary/aromatic N) is 2. The molecular formula is C8H9N2O2+. The molecule has 0 saturated carbocycles. The van der Waals surface area contributed by atoms with Gasteiger partial charge in [0, 0.05) is 11.6 Å². The normalized spacial score (nSPS) is 9.42. The third-order valence-corrected chi connectivity index (χ3v) is 1.57. The first-order valence-electron chi connectivity index (χ1n) is 3.38. The lowest BCUT2D eigenvalue weighted by atomic mass is 10.2. The molecule has 1 aromatic carbocycles. The van der Waals surface area contributed by atoms with Gasteiger partial charge in [-0.3, -0.25) is 4.99 Å². The van der Waals surface area contributed by atoms with Crippen LogP contribution >= 0.6 is 0 Å². The number of aryl methyl sites for hydroxylation is 1. The number of benzene rings is 1. The van der Waals surface area contributed by atoms with Gasteiger partial charge in [0.05, 0.1) is 10.6 Å². The average molecular weight is 165 g/mol. The molecule has 62 valence electrons. The van der Waals surface area contributed by atoms with Crippen molar-refractivity contribution in [3.05, 3.63) is 28.7 Å². The lowest BCUT2D eigenvalue weighted by Crippen LogP contribution is -1.93. The molecule has 1 aromatic rings. The predicted octanol–water partition coefficient (Wildman–Crippen LogP) is 2.13. The van der Waals surface area contributed by atoms with Gasteiger partial charge in [-0.2, -0.15) is 0 Å². The lowest BCUT2D eigenvalue weighted by Gasteiger charge is -1.93. The zero-order valence-electron chi connectivity index (χ0n) is 6.69. The molecule has 0 aromatic heterocycles. The standard InChI is InChI=1S/C8H9N2O2/c1-6-5-7(9-2)3-4-8(6)10(11)12/h3-5H,2H2,1H3,(H,11,12)/q+1. The Kier molecular flexibility index (Phi) is 2.19. The molecule has 0 unspecified atom stereocenters. The van der Waals surface area contributed by atoms with E-state index >= 15 is 0 Å². The van der Waals surface area contributed by atoms with Gasteiger partial charge in [-0.15, -0.1) is 0 Å². The van der Waals surface area contributed by atoms with Crippen LogP contribution in [0.15, 0.2) is 23.2 Å². The van der Waals surface area contributed by atoms with Crippen molar-refractivity contribution in [3.8, 4) is 0 Å². The highest BCUT2D eigenvalue weighted by molar-refractivity contribution is 5.53. The first-order chi connectivity index (χ1) is 5.65. The maximum absolute atomic E-state index is 10.5. The fraction of sp³-hybridized carbons (Fsp3) is 0.125. The summed E-state index contributed by atoms with van der Waals surface area (Å²) in [6, 6.07) is 4.77. The molecule has 4 heteroatoms. The summed E-state index contributed by atoms with van der Waals surface area (Å²) < 4.78 is 0. The summed E-state index contributed by atoms with van der Waals surface area (Å²) in [6.07, 6.45) is 0. The topological polar surface area (TPSA) is 52.7 Å². The van der Waals surface area contributed by atoms with E-state index < -0.39 is 0 Å². The summed E-state index contributed by atoms with van der Waals surface area (Å²) in [4.78, 5) is 14.0. The summed E-state index contributed by atoms with van der Waals surface area (Å²) in [7, 11) is 0. The first kappa shape index (κ1) is 8.39.